The molecule has 0 aromatic carbocycles. The van der Waals surface area contributed by atoms with Crippen LogP contribution in [0.3, 0.4) is 0 Å². The van der Waals surface area contributed by atoms with Gasteiger partial charge < -0.3 is 25.0 Å². The molecular weight excluding hydrogens is 332 g/mol. The normalized spacial score (nSPS) is 22.0. The molecule has 26 heavy (non-hydrogen) atoms. The van der Waals surface area contributed by atoms with Crippen molar-refractivity contribution < 1.29 is 14.3 Å². The minimum absolute atomic E-state index is 0.148. The van der Waals surface area contributed by atoms with Crippen molar-refractivity contribution in [3.05, 3.63) is 0 Å². The zero-order chi connectivity index (χ0) is 19.8. The van der Waals surface area contributed by atoms with E-state index in [1.807, 2.05) is 27.7 Å². The second kappa shape index (κ2) is 10.00. The Hall–Kier alpha value is -1.50. The van der Waals surface area contributed by atoms with Gasteiger partial charge in [-0.3, -0.25) is 4.99 Å². The number of carbonyl (C=O) groups excluding carboxylic acids is 1. The largest absolute Gasteiger partial charge is 0.444 e. The summed E-state index contributed by atoms with van der Waals surface area (Å²) in [5, 5.41) is 6.62. The Balaban J connectivity index is 2.45. The maximum Gasteiger partial charge on any atom is 0.410 e. The first-order valence-electron chi connectivity index (χ1n) is 9.65. The molecule has 2 N–H and O–H groups in total. The van der Waals surface area contributed by atoms with Gasteiger partial charge in [-0.25, -0.2) is 4.79 Å². The van der Waals surface area contributed by atoms with Crippen LogP contribution in [0.1, 0.15) is 54.4 Å². The van der Waals surface area contributed by atoms with Crippen molar-refractivity contribution in [3.8, 4) is 0 Å². The topological polar surface area (TPSA) is 75.2 Å². The molecule has 1 heterocycles. The van der Waals surface area contributed by atoms with Gasteiger partial charge in [0.05, 0.1) is 12.1 Å². The minimum atomic E-state index is -0.476. The van der Waals surface area contributed by atoms with Gasteiger partial charge in [-0.05, 0) is 53.4 Å². The number of ether oxygens (including phenoxy) is 2. The van der Waals surface area contributed by atoms with E-state index in [9.17, 15) is 4.79 Å². The van der Waals surface area contributed by atoms with Gasteiger partial charge in [0.15, 0.2) is 5.96 Å². The second-order valence-electron chi connectivity index (χ2n) is 8.44. The highest BCUT2D eigenvalue weighted by molar-refractivity contribution is 5.79. The molecule has 1 fully saturated rings. The van der Waals surface area contributed by atoms with Crippen LogP contribution in [0.4, 0.5) is 4.79 Å². The van der Waals surface area contributed by atoms with Crippen LogP contribution in [-0.4, -0.2) is 68.0 Å². The number of hydrogen-bond donors (Lipinski definition) is 2. The molecule has 0 radical (unpaired) electrons. The van der Waals surface area contributed by atoms with E-state index in [1.165, 1.54) is 0 Å². The van der Waals surface area contributed by atoms with Gasteiger partial charge in [0.25, 0.3) is 0 Å². The van der Waals surface area contributed by atoms with Crippen LogP contribution in [0.15, 0.2) is 4.99 Å². The number of amides is 1. The zero-order valence-electron chi connectivity index (χ0n) is 17.6. The Labute approximate surface area is 158 Å². The summed E-state index contributed by atoms with van der Waals surface area (Å²) >= 11 is 0. The summed E-state index contributed by atoms with van der Waals surface area (Å²) in [6.07, 6.45) is 1.85. The number of nitrogens with zero attached hydrogens (tertiary/aromatic N) is 2. The van der Waals surface area contributed by atoms with Crippen LogP contribution in [0.5, 0.6) is 0 Å². The molecule has 0 bridgehead atoms. The molecule has 1 rings (SSSR count). The summed E-state index contributed by atoms with van der Waals surface area (Å²) in [7, 11) is 1.77. The van der Waals surface area contributed by atoms with Crippen LogP contribution < -0.4 is 10.6 Å². The molecule has 1 saturated heterocycles. The van der Waals surface area contributed by atoms with Crippen LogP contribution in [-0.2, 0) is 9.47 Å². The van der Waals surface area contributed by atoms with Gasteiger partial charge in [0.2, 0.25) is 0 Å². The number of hydrogen-bond acceptors (Lipinski definition) is 4. The van der Waals surface area contributed by atoms with E-state index in [2.05, 4.69) is 29.5 Å². The van der Waals surface area contributed by atoms with Crippen LogP contribution in [0.25, 0.3) is 0 Å². The third-order valence-corrected chi connectivity index (χ3v) is 4.13. The summed E-state index contributed by atoms with van der Waals surface area (Å²) in [6.45, 7) is 15.5. The second-order valence-corrected chi connectivity index (χ2v) is 8.44. The van der Waals surface area contributed by atoms with E-state index >= 15 is 0 Å². The highest BCUT2D eigenvalue weighted by atomic mass is 16.6. The molecule has 2 atom stereocenters. The molecule has 0 aromatic heterocycles. The third-order valence-electron chi connectivity index (χ3n) is 4.13. The molecule has 7 heteroatoms. The first kappa shape index (κ1) is 22.5. The molecule has 0 saturated carbocycles. The number of guanidine groups is 1. The summed E-state index contributed by atoms with van der Waals surface area (Å²) in [4.78, 5) is 18.3. The van der Waals surface area contributed by atoms with Gasteiger partial charge >= 0.3 is 6.09 Å². The van der Waals surface area contributed by atoms with Crippen molar-refractivity contribution in [2.75, 3.05) is 39.8 Å². The number of rotatable bonds is 7. The predicted octanol–water partition coefficient (Wildman–Crippen LogP) is 2.61. The van der Waals surface area contributed by atoms with Crippen molar-refractivity contribution in [3.63, 3.8) is 0 Å². The molecule has 7 nitrogen and oxygen atoms in total. The third kappa shape index (κ3) is 8.74. The van der Waals surface area contributed by atoms with E-state index in [0.717, 1.165) is 38.5 Å². The molecular formula is C19H38N4O3. The summed E-state index contributed by atoms with van der Waals surface area (Å²) in [5.74, 6) is 1.05. The number of nitrogens with one attached hydrogen (secondary N) is 2. The molecule has 1 amide bonds. The maximum absolute atomic E-state index is 12.1. The monoisotopic (exact) mass is 370 g/mol. The lowest BCUT2D eigenvalue weighted by Gasteiger charge is -2.27. The molecule has 1 aliphatic rings. The smallest absolute Gasteiger partial charge is 0.410 e. The van der Waals surface area contributed by atoms with Crippen LogP contribution in [0.2, 0.25) is 0 Å². The standard InChI is InChI=1S/C19H38N4O3/c1-8-20-16(22-14-19(6)10-9-11-25-19)21-12-15(2)13-23(7)17(24)26-18(3,4)5/h15H,8-14H2,1-7H3,(H2,20,21,22). The minimum Gasteiger partial charge on any atom is -0.444 e. The first-order chi connectivity index (χ1) is 12.0. The summed E-state index contributed by atoms with van der Waals surface area (Å²) < 4.78 is 11.2. The van der Waals surface area contributed by atoms with Gasteiger partial charge in [-0.15, -0.1) is 0 Å². The average Bonchev–Trinajstić information content (AvgIpc) is 2.95. The predicted molar refractivity (Wildman–Crippen MR) is 106 cm³/mol. The number of aliphatic imine (C=N–C) groups is 1. The Kier molecular flexibility index (Phi) is 8.67. The Morgan fingerprint density at radius 2 is 2.08 bits per heavy atom. The van der Waals surface area contributed by atoms with Crippen molar-refractivity contribution >= 4 is 12.1 Å². The van der Waals surface area contributed by atoms with E-state index < -0.39 is 5.60 Å². The van der Waals surface area contributed by atoms with Crippen LogP contribution in [0, 0.1) is 5.92 Å². The lowest BCUT2D eigenvalue weighted by atomic mass is 10.0. The fourth-order valence-corrected chi connectivity index (χ4v) is 2.77. The molecule has 2 unspecified atom stereocenters. The highest BCUT2D eigenvalue weighted by Crippen LogP contribution is 2.24. The van der Waals surface area contributed by atoms with Gasteiger partial charge in [0.1, 0.15) is 5.60 Å². The van der Waals surface area contributed by atoms with Gasteiger partial charge in [-0.1, -0.05) is 6.92 Å². The van der Waals surface area contributed by atoms with E-state index in [0.29, 0.717) is 13.1 Å². The van der Waals surface area contributed by atoms with E-state index in [-0.39, 0.29) is 17.6 Å². The summed E-state index contributed by atoms with van der Waals surface area (Å²) in [6, 6.07) is 0. The zero-order valence-corrected chi connectivity index (χ0v) is 17.6. The Bertz CT molecular complexity index is 468. The first-order valence-corrected chi connectivity index (χ1v) is 9.65. The SMILES string of the molecule is CCNC(=NCC1(C)CCCO1)NCC(C)CN(C)C(=O)OC(C)(C)C. The molecule has 0 aromatic rings. The van der Waals surface area contributed by atoms with Gasteiger partial charge in [0, 0.05) is 33.3 Å². The van der Waals surface area contributed by atoms with Crippen molar-refractivity contribution in [1.82, 2.24) is 15.5 Å². The van der Waals surface area contributed by atoms with Crippen molar-refractivity contribution in [2.24, 2.45) is 10.9 Å². The Morgan fingerprint density at radius 3 is 2.62 bits per heavy atom. The molecule has 0 spiro atoms. The quantitative estimate of drug-likeness (QED) is 0.532. The van der Waals surface area contributed by atoms with E-state index in [1.54, 1.807) is 11.9 Å². The molecule has 1 aliphatic heterocycles. The number of carbonyl (C=O) groups is 1. The maximum atomic E-state index is 12.1. The highest BCUT2D eigenvalue weighted by Gasteiger charge is 2.29. The van der Waals surface area contributed by atoms with Crippen LogP contribution >= 0.6 is 0 Å². The van der Waals surface area contributed by atoms with E-state index in [4.69, 9.17) is 9.47 Å². The van der Waals surface area contributed by atoms with Crippen molar-refractivity contribution in [1.29, 1.82) is 0 Å². The summed E-state index contributed by atoms with van der Waals surface area (Å²) in [5.41, 5.74) is -0.624. The fourth-order valence-electron chi connectivity index (χ4n) is 2.77. The fraction of sp³-hybridized carbons (Fsp3) is 0.895. The molecule has 0 aliphatic carbocycles. The Morgan fingerprint density at radius 1 is 1.38 bits per heavy atom. The molecule has 152 valence electrons. The average molecular weight is 371 g/mol. The lowest BCUT2D eigenvalue weighted by Crippen LogP contribution is -2.43. The van der Waals surface area contributed by atoms with Gasteiger partial charge in [-0.2, -0.15) is 0 Å². The van der Waals surface area contributed by atoms with Crippen molar-refractivity contribution in [2.45, 2.75) is 65.6 Å². The lowest BCUT2D eigenvalue weighted by molar-refractivity contribution is 0.0272.